The fraction of sp³-hybridized carbons (Fsp3) is 0.556. The number of aromatic nitrogens is 2. The third-order valence-corrected chi connectivity index (χ3v) is 5.73. The monoisotopic (exact) mass is 422 g/mol. The van der Waals surface area contributed by atoms with E-state index in [1.54, 1.807) is 0 Å². The zero-order valence-electron chi connectivity index (χ0n) is 19.4. The van der Waals surface area contributed by atoms with Crippen LogP contribution >= 0.6 is 0 Å². The topological polar surface area (TPSA) is 44.2 Å². The molecule has 4 heteroatoms. The fourth-order valence-corrected chi connectivity index (χ4v) is 3.88. The van der Waals surface area contributed by atoms with Crippen LogP contribution in [0, 0.1) is 0 Å². The summed E-state index contributed by atoms with van der Waals surface area (Å²) in [6.45, 7) is 5.94. The van der Waals surface area contributed by atoms with Crippen LogP contribution in [0.2, 0.25) is 0 Å². The molecular weight excluding hydrogens is 384 g/mol. The molecule has 0 saturated heterocycles. The van der Waals surface area contributed by atoms with Crippen LogP contribution in [0.15, 0.2) is 36.4 Å². The smallest absolute Gasteiger partial charge is 0.213 e. The molecule has 0 amide bonds. The van der Waals surface area contributed by atoms with Crippen LogP contribution in [0.25, 0.3) is 21.8 Å². The zero-order chi connectivity index (χ0) is 21.7. The van der Waals surface area contributed by atoms with Crippen molar-refractivity contribution in [3.8, 4) is 11.8 Å². The lowest BCUT2D eigenvalue weighted by Gasteiger charge is -2.09. The lowest BCUT2D eigenvalue weighted by Crippen LogP contribution is -2.00. The van der Waals surface area contributed by atoms with Crippen LogP contribution < -0.4 is 9.47 Å². The summed E-state index contributed by atoms with van der Waals surface area (Å²) in [5.74, 6) is 1.41. The number of hydrogen-bond acceptors (Lipinski definition) is 4. The molecule has 0 aliphatic heterocycles. The summed E-state index contributed by atoms with van der Waals surface area (Å²) in [4.78, 5) is 9.38. The first-order valence-electron chi connectivity index (χ1n) is 12.3. The van der Waals surface area contributed by atoms with Crippen molar-refractivity contribution < 1.29 is 9.47 Å². The highest BCUT2D eigenvalue weighted by Gasteiger charge is 2.07. The highest BCUT2D eigenvalue weighted by molar-refractivity contribution is 6.04. The Kier molecular flexibility index (Phi) is 9.88. The van der Waals surface area contributed by atoms with E-state index in [0.29, 0.717) is 11.8 Å². The van der Waals surface area contributed by atoms with E-state index < -0.39 is 0 Å². The Labute approximate surface area is 187 Å². The van der Waals surface area contributed by atoms with Crippen molar-refractivity contribution in [1.29, 1.82) is 0 Å². The van der Waals surface area contributed by atoms with Crippen molar-refractivity contribution in [2.24, 2.45) is 0 Å². The predicted octanol–water partition coefficient (Wildman–Crippen LogP) is 7.87. The standard InChI is InChI=1S/C27H38N2O2/c1-3-5-7-9-10-11-13-21-31-27-19-15-23-22-14-18-26(30-20-12-8-6-4-2)28-24(22)16-17-25(23)29-27/h14-19H,3-13,20-21H2,1-2H3. The Morgan fingerprint density at radius 3 is 1.42 bits per heavy atom. The third-order valence-electron chi connectivity index (χ3n) is 5.73. The summed E-state index contributed by atoms with van der Waals surface area (Å²) < 4.78 is 11.7. The van der Waals surface area contributed by atoms with Crippen LogP contribution in [-0.4, -0.2) is 23.2 Å². The Bertz CT molecular complexity index is 926. The lowest BCUT2D eigenvalue weighted by atomic mass is 10.1. The van der Waals surface area contributed by atoms with Gasteiger partial charge >= 0.3 is 0 Å². The first-order valence-corrected chi connectivity index (χ1v) is 12.3. The van der Waals surface area contributed by atoms with E-state index in [1.165, 1.54) is 57.8 Å². The number of pyridine rings is 2. The molecule has 3 aromatic rings. The summed E-state index contributed by atoms with van der Waals surface area (Å²) in [6.07, 6.45) is 13.8. The van der Waals surface area contributed by atoms with E-state index in [9.17, 15) is 0 Å². The van der Waals surface area contributed by atoms with E-state index in [2.05, 4.69) is 31.0 Å². The molecule has 2 aromatic heterocycles. The highest BCUT2D eigenvalue weighted by Crippen LogP contribution is 2.27. The first-order chi connectivity index (χ1) is 15.3. The van der Waals surface area contributed by atoms with Crippen LogP contribution in [0.3, 0.4) is 0 Å². The number of ether oxygens (including phenoxy) is 2. The van der Waals surface area contributed by atoms with Crippen molar-refractivity contribution in [2.75, 3.05) is 13.2 Å². The summed E-state index contributed by atoms with van der Waals surface area (Å²) in [5.41, 5.74) is 1.89. The van der Waals surface area contributed by atoms with Gasteiger partial charge in [0, 0.05) is 22.9 Å². The molecule has 2 heterocycles. The summed E-state index contributed by atoms with van der Waals surface area (Å²) in [7, 11) is 0. The maximum Gasteiger partial charge on any atom is 0.213 e. The van der Waals surface area contributed by atoms with Crippen molar-refractivity contribution in [3.05, 3.63) is 36.4 Å². The van der Waals surface area contributed by atoms with Gasteiger partial charge in [0.25, 0.3) is 0 Å². The van der Waals surface area contributed by atoms with Gasteiger partial charge in [0.05, 0.1) is 24.2 Å². The minimum absolute atomic E-state index is 0.700. The van der Waals surface area contributed by atoms with Gasteiger partial charge in [0.1, 0.15) is 0 Å². The minimum Gasteiger partial charge on any atom is -0.478 e. The van der Waals surface area contributed by atoms with E-state index >= 15 is 0 Å². The molecule has 1 aromatic carbocycles. The largest absolute Gasteiger partial charge is 0.478 e. The molecule has 0 unspecified atom stereocenters. The maximum absolute atomic E-state index is 5.90. The summed E-state index contributed by atoms with van der Waals surface area (Å²) >= 11 is 0. The lowest BCUT2D eigenvalue weighted by molar-refractivity contribution is 0.294. The number of unbranched alkanes of at least 4 members (excludes halogenated alkanes) is 9. The Hall–Kier alpha value is -2.36. The van der Waals surface area contributed by atoms with E-state index in [0.717, 1.165) is 47.9 Å². The predicted molar refractivity (Wildman–Crippen MR) is 130 cm³/mol. The van der Waals surface area contributed by atoms with Crippen LogP contribution in [-0.2, 0) is 0 Å². The number of fused-ring (bicyclic) bond motifs is 3. The van der Waals surface area contributed by atoms with Gasteiger partial charge in [-0.3, -0.25) is 0 Å². The van der Waals surface area contributed by atoms with Gasteiger partial charge in [-0.15, -0.1) is 0 Å². The minimum atomic E-state index is 0.700. The SMILES string of the molecule is CCCCCCCCCOc1ccc2c(ccc3nc(OCCCCCC)ccc32)n1. The van der Waals surface area contributed by atoms with Gasteiger partial charge in [-0.2, -0.15) is 0 Å². The molecule has 0 saturated carbocycles. The molecule has 0 aliphatic rings. The van der Waals surface area contributed by atoms with Crippen molar-refractivity contribution in [3.63, 3.8) is 0 Å². The second-order valence-corrected chi connectivity index (χ2v) is 8.38. The quantitative estimate of drug-likeness (QED) is 0.185. The van der Waals surface area contributed by atoms with E-state index in [4.69, 9.17) is 14.5 Å². The van der Waals surface area contributed by atoms with Gasteiger partial charge in [-0.05, 0) is 37.1 Å². The molecule has 0 N–H and O–H groups in total. The van der Waals surface area contributed by atoms with Gasteiger partial charge in [-0.1, -0.05) is 71.6 Å². The average molecular weight is 423 g/mol. The highest BCUT2D eigenvalue weighted by atomic mass is 16.5. The van der Waals surface area contributed by atoms with E-state index in [-0.39, 0.29) is 0 Å². The normalized spacial score (nSPS) is 11.3. The van der Waals surface area contributed by atoms with Gasteiger partial charge in [0.2, 0.25) is 11.8 Å². The molecule has 0 atom stereocenters. The van der Waals surface area contributed by atoms with Crippen LogP contribution in [0.4, 0.5) is 0 Å². The van der Waals surface area contributed by atoms with E-state index in [1.807, 2.05) is 24.3 Å². The molecule has 168 valence electrons. The summed E-state index contributed by atoms with van der Waals surface area (Å²) in [5, 5.41) is 2.20. The van der Waals surface area contributed by atoms with Crippen molar-refractivity contribution in [2.45, 2.75) is 84.5 Å². The van der Waals surface area contributed by atoms with Crippen molar-refractivity contribution in [1.82, 2.24) is 9.97 Å². The third kappa shape index (κ3) is 7.37. The molecule has 0 bridgehead atoms. The average Bonchev–Trinajstić information content (AvgIpc) is 2.80. The molecule has 3 rings (SSSR count). The second kappa shape index (κ2) is 13.1. The molecule has 0 radical (unpaired) electrons. The number of hydrogen-bond donors (Lipinski definition) is 0. The Morgan fingerprint density at radius 2 is 0.935 bits per heavy atom. The maximum atomic E-state index is 5.90. The molecule has 0 aliphatic carbocycles. The molecule has 31 heavy (non-hydrogen) atoms. The summed E-state index contributed by atoms with van der Waals surface area (Å²) in [6, 6.07) is 12.2. The zero-order valence-corrected chi connectivity index (χ0v) is 19.4. The van der Waals surface area contributed by atoms with Crippen LogP contribution in [0.1, 0.15) is 84.5 Å². The van der Waals surface area contributed by atoms with Gasteiger partial charge in [0.15, 0.2) is 0 Å². The first kappa shape index (κ1) is 23.3. The second-order valence-electron chi connectivity index (χ2n) is 8.38. The Balaban J connectivity index is 1.53. The molecular formula is C27H38N2O2. The molecule has 4 nitrogen and oxygen atoms in total. The van der Waals surface area contributed by atoms with Gasteiger partial charge in [-0.25, -0.2) is 9.97 Å². The van der Waals surface area contributed by atoms with Gasteiger partial charge < -0.3 is 9.47 Å². The molecule has 0 fully saturated rings. The fourth-order valence-electron chi connectivity index (χ4n) is 3.88. The molecule has 0 spiro atoms. The number of rotatable bonds is 15. The Morgan fingerprint density at radius 1 is 0.516 bits per heavy atom. The number of benzene rings is 1. The van der Waals surface area contributed by atoms with Crippen molar-refractivity contribution >= 4 is 21.8 Å². The number of nitrogens with zero attached hydrogens (tertiary/aromatic N) is 2. The van der Waals surface area contributed by atoms with Crippen LogP contribution in [0.5, 0.6) is 11.8 Å².